The minimum atomic E-state index is -0.211. The van der Waals surface area contributed by atoms with E-state index in [1.54, 1.807) is 18.2 Å². The maximum Gasteiger partial charge on any atom is 0.233 e. The van der Waals surface area contributed by atoms with Crippen molar-refractivity contribution in [2.45, 2.75) is 117 Å². The lowest BCUT2D eigenvalue weighted by Gasteiger charge is -2.28. The Morgan fingerprint density at radius 3 is 2.11 bits per heavy atom. The Bertz CT molecular complexity index is 830. The van der Waals surface area contributed by atoms with Crippen LogP contribution in [-0.2, 0) is 6.42 Å². The van der Waals surface area contributed by atoms with E-state index in [0.29, 0.717) is 23.7 Å². The molecule has 1 fully saturated rings. The van der Waals surface area contributed by atoms with E-state index in [-0.39, 0.29) is 5.82 Å². The maximum atomic E-state index is 14.9. The second kappa shape index (κ2) is 15.9. The first-order chi connectivity index (χ1) is 17.2. The molecule has 3 rings (SSSR count). The van der Waals surface area contributed by atoms with Crippen molar-refractivity contribution >= 4 is 0 Å². The topological polar surface area (TPSA) is 35.0 Å². The number of benzene rings is 1. The number of rotatable bonds is 16. The van der Waals surface area contributed by atoms with Gasteiger partial charge in [0.1, 0.15) is 5.82 Å². The zero-order valence-electron chi connectivity index (χ0n) is 22.2. The van der Waals surface area contributed by atoms with Gasteiger partial charge in [-0.3, -0.25) is 0 Å². The van der Waals surface area contributed by atoms with Gasteiger partial charge in [-0.15, -0.1) is 10.2 Å². The SMILES string of the molecule is CCCCCCCOc1ccc(-c2ccc(CCC3CCC(CCCCCC)CC3)cc2F)nn1. The van der Waals surface area contributed by atoms with E-state index in [0.717, 1.165) is 30.2 Å². The third kappa shape index (κ3) is 9.89. The first-order valence-corrected chi connectivity index (χ1v) is 14.4. The zero-order valence-corrected chi connectivity index (χ0v) is 22.2. The predicted octanol–water partition coefficient (Wildman–Crippen LogP) is 9.34. The van der Waals surface area contributed by atoms with Gasteiger partial charge in [0, 0.05) is 11.6 Å². The molecule has 1 saturated carbocycles. The van der Waals surface area contributed by atoms with Crippen molar-refractivity contribution in [1.29, 1.82) is 0 Å². The molecule has 2 aromatic rings. The van der Waals surface area contributed by atoms with Crippen molar-refractivity contribution in [2.24, 2.45) is 11.8 Å². The van der Waals surface area contributed by atoms with E-state index in [1.807, 2.05) is 6.07 Å². The Hall–Kier alpha value is -1.97. The molecule has 0 saturated heterocycles. The molecular weight excluding hydrogens is 435 g/mol. The van der Waals surface area contributed by atoms with Crippen LogP contribution in [0.2, 0.25) is 0 Å². The van der Waals surface area contributed by atoms with Crippen LogP contribution in [0.4, 0.5) is 4.39 Å². The van der Waals surface area contributed by atoms with E-state index >= 15 is 0 Å². The monoisotopic (exact) mass is 482 g/mol. The van der Waals surface area contributed by atoms with Crippen LogP contribution in [0.15, 0.2) is 30.3 Å². The number of unbranched alkanes of at least 4 members (excludes halogenated alkanes) is 7. The van der Waals surface area contributed by atoms with E-state index in [9.17, 15) is 4.39 Å². The first kappa shape index (κ1) is 27.6. The summed E-state index contributed by atoms with van der Waals surface area (Å²) in [4.78, 5) is 0. The van der Waals surface area contributed by atoms with Crippen molar-refractivity contribution in [3.05, 3.63) is 41.7 Å². The Kier molecular flexibility index (Phi) is 12.6. The summed E-state index contributed by atoms with van der Waals surface area (Å²) in [6.45, 7) is 5.15. The normalized spacial score (nSPS) is 18.0. The molecule has 0 aliphatic heterocycles. The summed E-state index contributed by atoms with van der Waals surface area (Å²) in [5.74, 6) is 2.05. The number of aromatic nitrogens is 2. The highest BCUT2D eigenvalue weighted by molar-refractivity contribution is 5.60. The maximum absolute atomic E-state index is 14.9. The van der Waals surface area contributed by atoms with Gasteiger partial charge in [-0.2, -0.15) is 0 Å². The van der Waals surface area contributed by atoms with E-state index < -0.39 is 0 Å². The minimum Gasteiger partial charge on any atom is -0.477 e. The Morgan fingerprint density at radius 1 is 0.771 bits per heavy atom. The van der Waals surface area contributed by atoms with Gasteiger partial charge in [-0.1, -0.05) is 103 Å². The molecule has 0 spiro atoms. The van der Waals surface area contributed by atoms with Crippen molar-refractivity contribution in [3.8, 4) is 17.1 Å². The van der Waals surface area contributed by atoms with Gasteiger partial charge in [-0.05, 0) is 54.9 Å². The first-order valence-electron chi connectivity index (χ1n) is 14.4. The van der Waals surface area contributed by atoms with Crippen molar-refractivity contribution in [2.75, 3.05) is 6.61 Å². The highest BCUT2D eigenvalue weighted by atomic mass is 19.1. The van der Waals surface area contributed by atoms with E-state index in [1.165, 1.54) is 89.9 Å². The molecule has 0 N–H and O–H groups in total. The third-order valence-corrected chi connectivity index (χ3v) is 7.72. The molecule has 0 radical (unpaired) electrons. The standard InChI is InChI=1S/C31H47FN2O/c1-3-5-7-9-11-23-35-31-22-21-30(33-34-31)28-20-19-27(24-29(28)32)18-17-26-15-13-25(14-16-26)12-10-8-6-4-2/h19-22,24-26H,3-18,23H2,1-2H3. The van der Waals surface area contributed by atoms with E-state index in [4.69, 9.17) is 4.74 Å². The summed E-state index contributed by atoms with van der Waals surface area (Å²) in [5, 5.41) is 8.36. The summed E-state index contributed by atoms with van der Waals surface area (Å²) in [6.07, 6.45) is 20.5. The number of nitrogens with zero attached hydrogens (tertiary/aromatic N) is 2. The lowest BCUT2D eigenvalue weighted by molar-refractivity contribution is 0.249. The summed E-state index contributed by atoms with van der Waals surface area (Å²) in [7, 11) is 0. The summed E-state index contributed by atoms with van der Waals surface area (Å²) >= 11 is 0. The van der Waals surface area contributed by atoms with Crippen LogP contribution in [-0.4, -0.2) is 16.8 Å². The van der Waals surface area contributed by atoms with Gasteiger partial charge in [-0.25, -0.2) is 4.39 Å². The molecule has 0 atom stereocenters. The average Bonchev–Trinajstić information content (AvgIpc) is 2.89. The zero-order chi connectivity index (χ0) is 24.7. The molecule has 3 nitrogen and oxygen atoms in total. The molecule has 0 amide bonds. The number of hydrogen-bond acceptors (Lipinski definition) is 3. The van der Waals surface area contributed by atoms with Crippen LogP contribution < -0.4 is 4.74 Å². The molecule has 35 heavy (non-hydrogen) atoms. The second-order valence-electron chi connectivity index (χ2n) is 10.6. The molecule has 0 unspecified atom stereocenters. The molecule has 1 aromatic carbocycles. The van der Waals surface area contributed by atoms with Crippen LogP contribution in [0.25, 0.3) is 11.3 Å². The molecule has 194 valence electrons. The fourth-order valence-corrected chi connectivity index (χ4v) is 5.38. The predicted molar refractivity (Wildman–Crippen MR) is 144 cm³/mol. The van der Waals surface area contributed by atoms with Gasteiger partial charge in [0.2, 0.25) is 5.88 Å². The number of halogens is 1. The largest absolute Gasteiger partial charge is 0.477 e. The van der Waals surface area contributed by atoms with Gasteiger partial charge < -0.3 is 4.74 Å². The van der Waals surface area contributed by atoms with Crippen molar-refractivity contribution in [1.82, 2.24) is 10.2 Å². The Labute approximate surface area is 213 Å². The van der Waals surface area contributed by atoms with Crippen molar-refractivity contribution < 1.29 is 9.13 Å². The second-order valence-corrected chi connectivity index (χ2v) is 10.6. The van der Waals surface area contributed by atoms with Crippen LogP contribution in [0.1, 0.15) is 116 Å². The van der Waals surface area contributed by atoms with Gasteiger partial charge in [0.05, 0.1) is 12.3 Å². The Balaban J connectivity index is 1.39. The molecule has 1 aromatic heterocycles. The van der Waals surface area contributed by atoms with Gasteiger partial charge in [0.25, 0.3) is 0 Å². The van der Waals surface area contributed by atoms with Crippen LogP contribution in [0.5, 0.6) is 5.88 Å². The molecule has 0 bridgehead atoms. The van der Waals surface area contributed by atoms with E-state index in [2.05, 4.69) is 30.1 Å². The highest BCUT2D eigenvalue weighted by Crippen LogP contribution is 2.34. The van der Waals surface area contributed by atoms with Crippen molar-refractivity contribution in [3.63, 3.8) is 0 Å². The fourth-order valence-electron chi connectivity index (χ4n) is 5.38. The van der Waals surface area contributed by atoms with Gasteiger partial charge in [0.15, 0.2) is 0 Å². The Morgan fingerprint density at radius 2 is 1.46 bits per heavy atom. The summed E-state index contributed by atoms with van der Waals surface area (Å²) < 4.78 is 20.6. The molecule has 4 heteroatoms. The van der Waals surface area contributed by atoms with Crippen LogP contribution in [0, 0.1) is 17.7 Å². The highest BCUT2D eigenvalue weighted by Gasteiger charge is 2.21. The quantitative estimate of drug-likeness (QED) is 0.224. The molecule has 1 heterocycles. The smallest absolute Gasteiger partial charge is 0.233 e. The van der Waals surface area contributed by atoms with Crippen LogP contribution >= 0.6 is 0 Å². The lowest BCUT2D eigenvalue weighted by Crippen LogP contribution is -2.15. The summed E-state index contributed by atoms with van der Waals surface area (Å²) in [6, 6.07) is 9.20. The fraction of sp³-hybridized carbons (Fsp3) is 0.677. The van der Waals surface area contributed by atoms with Gasteiger partial charge >= 0.3 is 0 Å². The van der Waals surface area contributed by atoms with Crippen LogP contribution in [0.3, 0.4) is 0 Å². The molecule has 1 aliphatic rings. The number of hydrogen-bond donors (Lipinski definition) is 0. The molecule has 1 aliphatic carbocycles. The number of aryl methyl sites for hydroxylation is 1. The number of ether oxygens (including phenoxy) is 1. The average molecular weight is 483 g/mol. The minimum absolute atomic E-state index is 0.211. The summed E-state index contributed by atoms with van der Waals surface area (Å²) in [5.41, 5.74) is 2.15. The third-order valence-electron chi connectivity index (χ3n) is 7.72. The lowest BCUT2D eigenvalue weighted by atomic mass is 9.77. The molecular formula is C31H47FN2O.